The molecule has 0 saturated carbocycles. The topological polar surface area (TPSA) is 29.1 Å². The number of carbonyl (C=O) groups excluding carboxylic acids is 1. The van der Waals surface area contributed by atoms with Crippen molar-refractivity contribution < 1.29 is 4.79 Å². The second-order valence-electron chi connectivity index (χ2n) is 4.15. The van der Waals surface area contributed by atoms with Gasteiger partial charge in [-0.25, -0.2) is 0 Å². The fourth-order valence-electron chi connectivity index (χ4n) is 1.66. The SMILES string of the molecule is C#CCC(CC)NC(=O)C(C)c1ccccc1. The molecule has 1 rings (SSSR count). The first-order valence-electron chi connectivity index (χ1n) is 5.97. The second kappa shape index (κ2) is 6.75. The van der Waals surface area contributed by atoms with E-state index in [9.17, 15) is 4.79 Å². The third kappa shape index (κ3) is 3.96. The average Bonchev–Trinajstić information content (AvgIpc) is 2.38. The molecular formula is C15H19NO. The van der Waals surface area contributed by atoms with Crippen LogP contribution in [0.2, 0.25) is 0 Å². The molecule has 17 heavy (non-hydrogen) atoms. The molecule has 0 heterocycles. The third-order valence-corrected chi connectivity index (χ3v) is 2.90. The molecule has 0 aliphatic carbocycles. The Kier molecular flexibility index (Phi) is 5.29. The Morgan fingerprint density at radius 1 is 1.41 bits per heavy atom. The second-order valence-corrected chi connectivity index (χ2v) is 4.15. The Morgan fingerprint density at radius 2 is 2.06 bits per heavy atom. The monoisotopic (exact) mass is 229 g/mol. The number of amides is 1. The van der Waals surface area contributed by atoms with E-state index < -0.39 is 0 Å². The van der Waals surface area contributed by atoms with Crippen LogP contribution in [0.25, 0.3) is 0 Å². The molecule has 0 aliphatic rings. The van der Waals surface area contributed by atoms with Crippen molar-refractivity contribution in [3.05, 3.63) is 35.9 Å². The summed E-state index contributed by atoms with van der Waals surface area (Å²) < 4.78 is 0. The Hall–Kier alpha value is -1.75. The van der Waals surface area contributed by atoms with Gasteiger partial charge in [0.2, 0.25) is 5.91 Å². The van der Waals surface area contributed by atoms with E-state index >= 15 is 0 Å². The third-order valence-electron chi connectivity index (χ3n) is 2.90. The first-order chi connectivity index (χ1) is 8.19. The molecule has 2 unspecified atom stereocenters. The molecule has 0 bridgehead atoms. The van der Waals surface area contributed by atoms with Crippen molar-refractivity contribution in [2.75, 3.05) is 0 Å². The first kappa shape index (κ1) is 13.3. The van der Waals surface area contributed by atoms with Gasteiger partial charge >= 0.3 is 0 Å². The van der Waals surface area contributed by atoms with Crippen LogP contribution in [0.5, 0.6) is 0 Å². The van der Waals surface area contributed by atoms with Crippen LogP contribution < -0.4 is 5.32 Å². The Labute approximate surface area is 103 Å². The van der Waals surface area contributed by atoms with Gasteiger partial charge in [0.25, 0.3) is 0 Å². The summed E-state index contributed by atoms with van der Waals surface area (Å²) in [6.45, 7) is 3.93. The lowest BCUT2D eigenvalue weighted by molar-refractivity contribution is -0.122. The van der Waals surface area contributed by atoms with Crippen molar-refractivity contribution in [2.45, 2.75) is 38.6 Å². The predicted molar refractivity (Wildman–Crippen MR) is 70.5 cm³/mol. The molecule has 0 aliphatic heterocycles. The zero-order valence-corrected chi connectivity index (χ0v) is 10.4. The van der Waals surface area contributed by atoms with Gasteiger partial charge in [-0.3, -0.25) is 4.79 Å². The number of rotatable bonds is 5. The molecule has 1 aromatic rings. The fourth-order valence-corrected chi connectivity index (χ4v) is 1.66. The van der Waals surface area contributed by atoms with Crippen LogP contribution in [0.3, 0.4) is 0 Å². The van der Waals surface area contributed by atoms with E-state index in [0.29, 0.717) is 6.42 Å². The molecule has 1 N–H and O–H groups in total. The van der Waals surface area contributed by atoms with Gasteiger partial charge in [0.15, 0.2) is 0 Å². The van der Waals surface area contributed by atoms with Crippen LogP contribution in [-0.4, -0.2) is 11.9 Å². The van der Waals surface area contributed by atoms with E-state index in [4.69, 9.17) is 6.42 Å². The highest BCUT2D eigenvalue weighted by molar-refractivity contribution is 5.83. The van der Waals surface area contributed by atoms with Gasteiger partial charge < -0.3 is 5.32 Å². The standard InChI is InChI=1S/C15H19NO/c1-4-9-14(5-2)16-15(17)12(3)13-10-7-6-8-11-13/h1,6-8,10-12,14H,5,9H2,2-3H3,(H,16,17). The normalized spacial score (nSPS) is 13.5. The summed E-state index contributed by atoms with van der Waals surface area (Å²) >= 11 is 0. The van der Waals surface area contributed by atoms with Gasteiger partial charge in [-0.15, -0.1) is 12.3 Å². The molecule has 2 atom stereocenters. The molecule has 2 nitrogen and oxygen atoms in total. The molecule has 1 aromatic carbocycles. The van der Waals surface area contributed by atoms with Crippen LogP contribution in [0.4, 0.5) is 0 Å². The zero-order valence-electron chi connectivity index (χ0n) is 10.4. The molecule has 0 fully saturated rings. The molecule has 90 valence electrons. The van der Waals surface area contributed by atoms with Crippen LogP contribution in [0.1, 0.15) is 38.2 Å². The number of terminal acetylenes is 1. The largest absolute Gasteiger partial charge is 0.352 e. The molecule has 0 saturated heterocycles. The number of carbonyl (C=O) groups is 1. The van der Waals surface area contributed by atoms with Gasteiger partial charge in [-0.2, -0.15) is 0 Å². The van der Waals surface area contributed by atoms with Crippen molar-refractivity contribution in [1.82, 2.24) is 5.32 Å². The van der Waals surface area contributed by atoms with Gasteiger partial charge in [-0.1, -0.05) is 37.3 Å². The number of benzene rings is 1. The number of nitrogens with one attached hydrogen (secondary N) is 1. The smallest absolute Gasteiger partial charge is 0.227 e. The zero-order chi connectivity index (χ0) is 12.7. The first-order valence-corrected chi connectivity index (χ1v) is 5.97. The summed E-state index contributed by atoms with van der Waals surface area (Å²) in [6, 6.07) is 9.84. The van der Waals surface area contributed by atoms with Gasteiger partial charge in [0, 0.05) is 12.5 Å². The summed E-state index contributed by atoms with van der Waals surface area (Å²) in [7, 11) is 0. The van der Waals surface area contributed by atoms with Crippen LogP contribution >= 0.6 is 0 Å². The van der Waals surface area contributed by atoms with Crippen LogP contribution in [0.15, 0.2) is 30.3 Å². The van der Waals surface area contributed by atoms with E-state index in [2.05, 4.69) is 11.2 Å². The lowest BCUT2D eigenvalue weighted by Gasteiger charge is -2.18. The highest BCUT2D eigenvalue weighted by Gasteiger charge is 2.17. The lowest BCUT2D eigenvalue weighted by Crippen LogP contribution is -2.36. The van der Waals surface area contributed by atoms with Crippen molar-refractivity contribution in [3.63, 3.8) is 0 Å². The van der Waals surface area contributed by atoms with E-state index in [1.54, 1.807) is 0 Å². The molecule has 0 radical (unpaired) electrons. The van der Waals surface area contributed by atoms with Crippen LogP contribution in [0, 0.1) is 12.3 Å². The van der Waals surface area contributed by atoms with Gasteiger partial charge in [0.1, 0.15) is 0 Å². The van der Waals surface area contributed by atoms with Crippen LogP contribution in [-0.2, 0) is 4.79 Å². The maximum absolute atomic E-state index is 12.0. The highest BCUT2D eigenvalue weighted by atomic mass is 16.1. The molecule has 0 aromatic heterocycles. The number of hydrogen-bond acceptors (Lipinski definition) is 1. The Bertz CT molecular complexity index is 391. The van der Waals surface area contributed by atoms with Crippen molar-refractivity contribution in [2.24, 2.45) is 0 Å². The van der Waals surface area contributed by atoms with Gasteiger partial charge in [-0.05, 0) is 18.9 Å². The van der Waals surface area contributed by atoms with Gasteiger partial charge in [0.05, 0.1) is 5.92 Å². The van der Waals surface area contributed by atoms with Crippen molar-refractivity contribution in [1.29, 1.82) is 0 Å². The molecule has 2 heteroatoms. The Balaban J connectivity index is 2.62. The quantitative estimate of drug-likeness (QED) is 0.773. The minimum absolute atomic E-state index is 0.0401. The van der Waals surface area contributed by atoms with E-state index in [1.807, 2.05) is 44.2 Å². The average molecular weight is 229 g/mol. The van der Waals surface area contributed by atoms with Crippen molar-refractivity contribution >= 4 is 5.91 Å². The highest BCUT2D eigenvalue weighted by Crippen LogP contribution is 2.15. The molecule has 1 amide bonds. The predicted octanol–water partition coefficient (Wildman–Crippen LogP) is 2.71. The number of hydrogen-bond donors (Lipinski definition) is 1. The lowest BCUT2D eigenvalue weighted by atomic mass is 9.99. The van der Waals surface area contributed by atoms with E-state index in [0.717, 1.165) is 12.0 Å². The summed E-state index contributed by atoms with van der Waals surface area (Å²) in [4.78, 5) is 12.0. The van der Waals surface area contributed by atoms with E-state index in [1.165, 1.54) is 0 Å². The maximum Gasteiger partial charge on any atom is 0.227 e. The summed E-state index contributed by atoms with van der Waals surface area (Å²) in [6.07, 6.45) is 6.71. The van der Waals surface area contributed by atoms with E-state index in [-0.39, 0.29) is 17.9 Å². The Morgan fingerprint density at radius 3 is 2.59 bits per heavy atom. The minimum atomic E-state index is -0.136. The minimum Gasteiger partial charge on any atom is -0.352 e. The maximum atomic E-state index is 12.0. The molecular weight excluding hydrogens is 210 g/mol. The van der Waals surface area contributed by atoms with Crippen molar-refractivity contribution in [3.8, 4) is 12.3 Å². The molecule has 0 spiro atoms. The summed E-state index contributed by atoms with van der Waals surface area (Å²) in [5.41, 5.74) is 1.03. The summed E-state index contributed by atoms with van der Waals surface area (Å²) in [5, 5.41) is 2.98. The fraction of sp³-hybridized carbons (Fsp3) is 0.400. The summed E-state index contributed by atoms with van der Waals surface area (Å²) in [5.74, 6) is 2.49.